The molecule has 0 aliphatic heterocycles. The first-order chi connectivity index (χ1) is 5.59. The first-order valence-corrected chi connectivity index (χ1v) is 4.80. The van der Waals surface area contributed by atoms with Crippen LogP contribution in [0.15, 0.2) is 0 Å². The van der Waals surface area contributed by atoms with Crippen molar-refractivity contribution >= 4 is 5.78 Å². The van der Waals surface area contributed by atoms with Gasteiger partial charge in [-0.05, 0) is 33.9 Å². The molecule has 1 unspecified atom stereocenters. The molecular weight excluding hydrogens is 150 g/mol. The topological polar surface area (TPSA) is 20.3 Å². The molecule has 1 atom stereocenters. The van der Waals surface area contributed by atoms with Gasteiger partial charge < -0.3 is 0 Å². The van der Waals surface area contributed by atoms with Crippen molar-refractivity contribution in [3.63, 3.8) is 0 Å². The fraction of sp³-hybridized carbons (Fsp3) is 0.900. The van der Waals surface area contributed by atoms with Crippen LogP contribution in [-0.4, -0.2) is 30.3 Å². The average Bonchev–Trinajstić information content (AvgIpc) is 2.07. The molecule has 74 valence electrons. The minimum absolute atomic E-state index is 0.0833. The molecule has 0 spiro atoms. The van der Waals surface area contributed by atoms with E-state index >= 15 is 0 Å². The van der Waals surface area contributed by atoms with Crippen LogP contribution >= 0.6 is 0 Å². The third-order valence-electron chi connectivity index (χ3n) is 1.83. The number of Topliss-reactive ketones (excluding diaryl/α,β-unsaturated/α-hetero) is 1. The van der Waals surface area contributed by atoms with Crippen molar-refractivity contribution in [2.24, 2.45) is 0 Å². The Hall–Kier alpha value is -0.370. The third-order valence-corrected chi connectivity index (χ3v) is 1.83. The maximum atomic E-state index is 10.8. The Labute approximate surface area is 77.0 Å². The lowest BCUT2D eigenvalue weighted by Gasteiger charge is -2.21. The van der Waals surface area contributed by atoms with Gasteiger partial charge in [0.2, 0.25) is 0 Å². The lowest BCUT2D eigenvalue weighted by Crippen LogP contribution is -2.34. The van der Waals surface area contributed by atoms with Crippen LogP contribution in [-0.2, 0) is 4.79 Å². The molecule has 0 heterocycles. The first kappa shape index (κ1) is 14.2. The van der Waals surface area contributed by atoms with Crippen molar-refractivity contribution in [3.05, 3.63) is 0 Å². The average molecular weight is 173 g/mol. The molecule has 0 aromatic heterocycles. The van der Waals surface area contributed by atoms with Crippen LogP contribution in [0.25, 0.3) is 0 Å². The fourth-order valence-corrected chi connectivity index (χ4v) is 0.857. The molecule has 0 amide bonds. The number of rotatable bonds is 4. The SMILES string of the molecule is CC.CCCN(C)C(C)C(C)=O. The molecule has 0 aliphatic rings. The van der Waals surface area contributed by atoms with E-state index in [0.29, 0.717) is 0 Å². The van der Waals surface area contributed by atoms with E-state index in [9.17, 15) is 4.79 Å². The maximum absolute atomic E-state index is 10.8. The summed E-state index contributed by atoms with van der Waals surface area (Å²) in [5.41, 5.74) is 0. The smallest absolute Gasteiger partial charge is 0.146 e. The molecule has 0 N–H and O–H groups in total. The van der Waals surface area contributed by atoms with Gasteiger partial charge in [0, 0.05) is 0 Å². The van der Waals surface area contributed by atoms with Crippen molar-refractivity contribution in [1.29, 1.82) is 0 Å². The highest BCUT2D eigenvalue weighted by atomic mass is 16.1. The van der Waals surface area contributed by atoms with Crippen LogP contribution in [0.5, 0.6) is 0 Å². The Morgan fingerprint density at radius 2 is 1.83 bits per heavy atom. The van der Waals surface area contributed by atoms with Crippen LogP contribution < -0.4 is 0 Å². The Balaban J connectivity index is 0. The highest BCUT2D eigenvalue weighted by Gasteiger charge is 2.11. The molecule has 0 bridgehead atoms. The van der Waals surface area contributed by atoms with Crippen LogP contribution in [0.2, 0.25) is 0 Å². The van der Waals surface area contributed by atoms with E-state index in [1.165, 1.54) is 0 Å². The van der Waals surface area contributed by atoms with Crippen molar-refractivity contribution < 1.29 is 4.79 Å². The highest BCUT2D eigenvalue weighted by Crippen LogP contribution is 1.96. The van der Waals surface area contributed by atoms with Gasteiger partial charge in [0.15, 0.2) is 0 Å². The number of carbonyl (C=O) groups is 1. The Kier molecular flexibility index (Phi) is 10.3. The van der Waals surface area contributed by atoms with Gasteiger partial charge in [-0.25, -0.2) is 0 Å². The van der Waals surface area contributed by atoms with Crippen LogP contribution in [0, 0.1) is 0 Å². The molecule has 2 nitrogen and oxygen atoms in total. The van der Waals surface area contributed by atoms with Crippen molar-refractivity contribution in [1.82, 2.24) is 4.90 Å². The number of ketones is 1. The Morgan fingerprint density at radius 3 is 2.08 bits per heavy atom. The van der Waals surface area contributed by atoms with Crippen LogP contribution in [0.4, 0.5) is 0 Å². The van der Waals surface area contributed by atoms with Crippen LogP contribution in [0.1, 0.15) is 41.0 Å². The molecule has 0 fully saturated rings. The van der Waals surface area contributed by atoms with Crippen molar-refractivity contribution in [2.75, 3.05) is 13.6 Å². The molecule has 0 saturated carbocycles. The quantitative estimate of drug-likeness (QED) is 0.650. The second kappa shape index (κ2) is 8.72. The van der Waals surface area contributed by atoms with Gasteiger partial charge in [-0.15, -0.1) is 0 Å². The summed E-state index contributed by atoms with van der Waals surface area (Å²) in [4.78, 5) is 12.9. The minimum atomic E-state index is 0.0833. The predicted molar refractivity (Wildman–Crippen MR) is 54.4 cm³/mol. The van der Waals surface area contributed by atoms with Gasteiger partial charge >= 0.3 is 0 Å². The van der Waals surface area contributed by atoms with E-state index < -0.39 is 0 Å². The molecule has 0 aromatic rings. The molecule has 2 heteroatoms. The lowest BCUT2D eigenvalue weighted by atomic mass is 10.2. The summed E-state index contributed by atoms with van der Waals surface area (Å²) in [6.45, 7) is 10.7. The zero-order valence-corrected chi connectivity index (χ0v) is 9.35. The fourth-order valence-electron chi connectivity index (χ4n) is 0.857. The molecule has 12 heavy (non-hydrogen) atoms. The largest absolute Gasteiger partial charge is 0.298 e. The van der Waals surface area contributed by atoms with E-state index in [1.807, 2.05) is 27.8 Å². The van der Waals surface area contributed by atoms with Gasteiger partial charge in [-0.3, -0.25) is 9.69 Å². The number of hydrogen-bond acceptors (Lipinski definition) is 2. The van der Waals surface area contributed by atoms with E-state index in [0.717, 1.165) is 13.0 Å². The van der Waals surface area contributed by atoms with Gasteiger partial charge in [-0.1, -0.05) is 20.8 Å². The zero-order chi connectivity index (χ0) is 10.1. The number of likely N-dealkylation sites (N-methyl/N-ethyl adjacent to an activating group) is 1. The standard InChI is InChI=1S/C8H17NO.C2H6/c1-5-6-9(4)7(2)8(3)10;1-2/h7H,5-6H2,1-4H3;1-2H3. The molecule has 0 aromatic carbocycles. The second-order valence-corrected chi connectivity index (χ2v) is 2.77. The Morgan fingerprint density at radius 1 is 1.42 bits per heavy atom. The van der Waals surface area contributed by atoms with Crippen LogP contribution in [0.3, 0.4) is 0 Å². The summed E-state index contributed by atoms with van der Waals surface area (Å²) in [6.07, 6.45) is 1.11. The maximum Gasteiger partial charge on any atom is 0.146 e. The van der Waals surface area contributed by atoms with Gasteiger partial charge in [0.05, 0.1) is 6.04 Å². The van der Waals surface area contributed by atoms with Crippen molar-refractivity contribution in [3.8, 4) is 0 Å². The van der Waals surface area contributed by atoms with E-state index in [1.54, 1.807) is 6.92 Å². The van der Waals surface area contributed by atoms with Gasteiger partial charge in [-0.2, -0.15) is 0 Å². The monoisotopic (exact) mass is 173 g/mol. The number of hydrogen-bond donors (Lipinski definition) is 0. The number of carbonyl (C=O) groups excluding carboxylic acids is 1. The summed E-state index contributed by atoms with van der Waals surface area (Å²) in [5.74, 6) is 0.246. The second-order valence-electron chi connectivity index (χ2n) is 2.77. The van der Waals surface area contributed by atoms with E-state index in [4.69, 9.17) is 0 Å². The summed E-state index contributed by atoms with van der Waals surface area (Å²) in [5, 5.41) is 0. The minimum Gasteiger partial charge on any atom is -0.298 e. The first-order valence-electron chi connectivity index (χ1n) is 4.80. The summed E-state index contributed by atoms with van der Waals surface area (Å²) in [6, 6.07) is 0.0833. The zero-order valence-electron chi connectivity index (χ0n) is 9.35. The summed E-state index contributed by atoms with van der Waals surface area (Å²) < 4.78 is 0. The normalized spacial score (nSPS) is 11.9. The van der Waals surface area contributed by atoms with Gasteiger partial charge in [0.1, 0.15) is 5.78 Å². The van der Waals surface area contributed by atoms with E-state index in [-0.39, 0.29) is 11.8 Å². The molecular formula is C10H23NO. The molecule has 0 aliphatic carbocycles. The highest BCUT2D eigenvalue weighted by molar-refractivity contribution is 5.80. The van der Waals surface area contributed by atoms with Gasteiger partial charge in [0.25, 0.3) is 0 Å². The molecule has 0 rings (SSSR count). The third kappa shape index (κ3) is 6.35. The predicted octanol–water partition coefficient (Wildman–Crippen LogP) is 2.33. The lowest BCUT2D eigenvalue weighted by molar-refractivity contribution is -0.121. The summed E-state index contributed by atoms with van der Waals surface area (Å²) in [7, 11) is 1.98. The molecule has 0 saturated heterocycles. The van der Waals surface area contributed by atoms with Crippen molar-refractivity contribution in [2.45, 2.75) is 47.1 Å². The summed E-state index contributed by atoms with van der Waals surface area (Å²) >= 11 is 0. The molecule has 0 radical (unpaired) electrons. The van der Waals surface area contributed by atoms with E-state index in [2.05, 4.69) is 11.8 Å². The number of nitrogens with zero attached hydrogens (tertiary/aromatic N) is 1. The Bertz CT molecular complexity index is 112.